The van der Waals surface area contributed by atoms with Gasteiger partial charge in [0, 0.05) is 12.5 Å². The van der Waals surface area contributed by atoms with Crippen molar-refractivity contribution in [2.75, 3.05) is 12.0 Å². The van der Waals surface area contributed by atoms with Crippen molar-refractivity contribution in [1.82, 2.24) is 9.88 Å². The summed E-state index contributed by atoms with van der Waals surface area (Å²) in [6.07, 6.45) is 0.0440. The van der Waals surface area contributed by atoms with Crippen molar-refractivity contribution in [2.45, 2.75) is 12.5 Å². The maximum Gasteiger partial charge on any atom is 0.343 e. The molecule has 178 valence electrons. The molecule has 1 N–H and O–H groups in total. The van der Waals surface area contributed by atoms with Gasteiger partial charge in [-0.3, -0.25) is 14.4 Å². The van der Waals surface area contributed by atoms with Crippen LogP contribution in [-0.2, 0) is 16.0 Å². The van der Waals surface area contributed by atoms with Gasteiger partial charge in [0.05, 0.1) is 28.4 Å². The van der Waals surface area contributed by atoms with E-state index in [9.17, 15) is 24.0 Å². The molecular weight excluding hydrogens is 497 g/mol. The van der Waals surface area contributed by atoms with Gasteiger partial charge in [0.15, 0.2) is 0 Å². The highest BCUT2D eigenvalue weighted by atomic mass is 35.5. The van der Waals surface area contributed by atoms with Crippen molar-refractivity contribution >= 4 is 52.7 Å². The summed E-state index contributed by atoms with van der Waals surface area (Å²) in [5, 5.41) is 2.83. The maximum absolute atomic E-state index is 12.7. The third kappa shape index (κ3) is 4.55. The van der Waals surface area contributed by atoms with Crippen molar-refractivity contribution in [3.8, 4) is 0 Å². The van der Waals surface area contributed by atoms with Crippen LogP contribution in [0.25, 0.3) is 0 Å². The molecule has 4 rings (SSSR count). The van der Waals surface area contributed by atoms with E-state index in [-0.39, 0.29) is 33.4 Å². The van der Waals surface area contributed by atoms with Crippen LogP contribution in [0.2, 0.25) is 10.0 Å². The Morgan fingerprint density at radius 1 is 0.943 bits per heavy atom. The Balaban J connectivity index is 1.54. The molecule has 1 atom stereocenters. The van der Waals surface area contributed by atoms with E-state index in [2.05, 4.69) is 5.32 Å². The zero-order chi connectivity index (χ0) is 25.3. The van der Waals surface area contributed by atoms with E-state index in [4.69, 9.17) is 27.9 Å². The second-order valence-electron chi connectivity index (χ2n) is 7.52. The lowest BCUT2D eigenvalue weighted by atomic mass is 10.0. The van der Waals surface area contributed by atoms with E-state index in [0.717, 1.165) is 9.47 Å². The summed E-state index contributed by atoms with van der Waals surface area (Å²) in [4.78, 5) is 63.3. The highest BCUT2D eigenvalue weighted by molar-refractivity contribution is 6.39. The number of hydrogen-bond acceptors (Lipinski definition) is 6. The van der Waals surface area contributed by atoms with Crippen LogP contribution in [0, 0.1) is 0 Å². The van der Waals surface area contributed by atoms with Gasteiger partial charge in [-0.25, -0.2) is 19.1 Å². The molecular formula is C24H17Cl2N3O6. The quantitative estimate of drug-likeness (QED) is 0.505. The molecule has 0 spiro atoms. The number of nitrogens with one attached hydrogen (secondary N) is 1. The van der Waals surface area contributed by atoms with E-state index < -0.39 is 35.4 Å². The number of aromatic nitrogens is 1. The maximum atomic E-state index is 12.7. The monoisotopic (exact) mass is 513 g/mol. The Bertz CT molecular complexity index is 1400. The number of hydrogen-bond donors (Lipinski definition) is 1. The fourth-order valence-corrected chi connectivity index (χ4v) is 4.25. The minimum Gasteiger partial charge on any atom is -0.467 e. The van der Waals surface area contributed by atoms with Crippen LogP contribution in [-0.4, -0.2) is 41.5 Å². The average molecular weight is 514 g/mol. The molecule has 1 aliphatic rings. The van der Waals surface area contributed by atoms with E-state index in [1.54, 1.807) is 18.2 Å². The number of ether oxygens (including phenoxy) is 1. The number of fused-ring (bicyclic) bond motifs is 1. The van der Waals surface area contributed by atoms with Gasteiger partial charge in [0.25, 0.3) is 17.4 Å². The number of nitrogens with zero attached hydrogens (tertiary/aromatic N) is 2. The van der Waals surface area contributed by atoms with Crippen LogP contribution in [0.1, 0.15) is 26.4 Å². The summed E-state index contributed by atoms with van der Waals surface area (Å²) in [5.74, 6) is -1.97. The number of amides is 3. The molecule has 35 heavy (non-hydrogen) atoms. The predicted molar refractivity (Wildman–Crippen MR) is 128 cm³/mol. The number of rotatable bonds is 6. The minimum atomic E-state index is -1.07. The molecule has 1 aliphatic heterocycles. The molecule has 0 unspecified atom stereocenters. The van der Waals surface area contributed by atoms with Crippen LogP contribution in [0.4, 0.5) is 10.5 Å². The van der Waals surface area contributed by atoms with Gasteiger partial charge in [0.1, 0.15) is 11.7 Å². The molecule has 0 saturated heterocycles. The van der Waals surface area contributed by atoms with Crippen molar-refractivity contribution in [2.24, 2.45) is 0 Å². The van der Waals surface area contributed by atoms with Crippen LogP contribution in [0.5, 0.6) is 0 Å². The topological polar surface area (TPSA) is 115 Å². The summed E-state index contributed by atoms with van der Waals surface area (Å²) in [5.41, 5.74) is 0.242. The van der Waals surface area contributed by atoms with Gasteiger partial charge < -0.3 is 10.1 Å². The molecule has 0 fully saturated rings. The van der Waals surface area contributed by atoms with Gasteiger partial charge >= 0.3 is 12.0 Å². The zero-order valence-electron chi connectivity index (χ0n) is 18.2. The van der Waals surface area contributed by atoms with Crippen molar-refractivity contribution in [3.05, 3.63) is 97.9 Å². The summed E-state index contributed by atoms with van der Waals surface area (Å²) in [7, 11) is 1.19. The third-order valence-electron chi connectivity index (χ3n) is 5.37. The summed E-state index contributed by atoms with van der Waals surface area (Å²) < 4.78 is 5.62. The van der Waals surface area contributed by atoms with E-state index in [0.29, 0.717) is 5.56 Å². The number of esters is 1. The average Bonchev–Trinajstić information content (AvgIpc) is 3.09. The van der Waals surface area contributed by atoms with Gasteiger partial charge in [-0.1, -0.05) is 47.5 Å². The first-order valence-electron chi connectivity index (χ1n) is 10.3. The smallest absolute Gasteiger partial charge is 0.343 e. The lowest BCUT2D eigenvalue weighted by Gasteiger charge is -2.18. The van der Waals surface area contributed by atoms with Gasteiger partial charge in [0.2, 0.25) is 0 Å². The molecule has 0 radical (unpaired) electrons. The molecule has 3 aromatic rings. The Kier molecular flexibility index (Phi) is 6.72. The summed E-state index contributed by atoms with van der Waals surface area (Å²) in [6.45, 7) is 0. The molecule has 2 heterocycles. The highest BCUT2D eigenvalue weighted by Gasteiger charge is 2.37. The fourth-order valence-electron chi connectivity index (χ4n) is 3.68. The molecule has 9 nitrogen and oxygen atoms in total. The lowest BCUT2D eigenvalue weighted by molar-refractivity contribution is -0.142. The number of anilines is 1. The SMILES string of the molecule is COC(=O)[C@H](Cc1ccc(N2C(=O)c3cccc(=O)n3C2=O)cc1)NC(=O)c1c(Cl)cccc1Cl. The number of imide groups is 1. The van der Waals surface area contributed by atoms with Crippen LogP contribution in [0.3, 0.4) is 0 Å². The summed E-state index contributed by atoms with van der Waals surface area (Å²) in [6, 6.07) is 12.9. The third-order valence-corrected chi connectivity index (χ3v) is 6.00. The van der Waals surface area contributed by atoms with E-state index in [1.807, 2.05) is 0 Å². The Morgan fingerprint density at radius 3 is 2.17 bits per heavy atom. The first kappa shape index (κ1) is 24.2. The van der Waals surface area contributed by atoms with Crippen molar-refractivity contribution in [3.63, 3.8) is 0 Å². The van der Waals surface area contributed by atoms with Gasteiger partial charge in [-0.15, -0.1) is 0 Å². The largest absolute Gasteiger partial charge is 0.467 e. The number of benzene rings is 2. The first-order chi connectivity index (χ1) is 16.7. The van der Waals surface area contributed by atoms with E-state index >= 15 is 0 Å². The number of carbonyl (C=O) groups excluding carboxylic acids is 4. The van der Waals surface area contributed by atoms with Crippen LogP contribution < -0.4 is 15.8 Å². The Hall–Kier alpha value is -3.95. The minimum absolute atomic E-state index is 0.0287. The molecule has 2 aromatic carbocycles. The molecule has 3 amide bonds. The normalized spacial score (nSPS) is 13.4. The number of carbonyl (C=O) groups is 4. The Labute approximate surface area is 208 Å². The molecule has 11 heteroatoms. The molecule has 1 aromatic heterocycles. The van der Waals surface area contributed by atoms with Gasteiger partial charge in [-0.2, -0.15) is 0 Å². The second kappa shape index (κ2) is 9.73. The standard InChI is InChI=1S/C24H17Cl2N3O6/c1-35-23(33)17(27-21(31)20-15(25)4-2-5-16(20)26)12-13-8-10-14(11-9-13)28-22(32)18-6-3-7-19(30)29(18)24(28)34/h2-11,17H,12H2,1H3,(H,27,31)/t17-/m0/s1. The number of pyridine rings is 1. The Morgan fingerprint density at radius 2 is 1.57 bits per heavy atom. The number of halogens is 2. The van der Waals surface area contributed by atoms with Gasteiger partial charge in [-0.05, 0) is 35.9 Å². The second-order valence-corrected chi connectivity index (χ2v) is 8.34. The predicted octanol–water partition coefficient (Wildman–Crippen LogP) is 3.30. The summed E-state index contributed by atoms with van der Waals surface area (Å²) >= 11 is 12.2. The van der Waals surface area contributed by atoms with Crippen LogP contribution >= 0.6 is 23.2 Å². The molecule has 0 bridgehead atoms. The first-order valence-corrected chi connectivity index (χ1v) is 11.0. The van der Waals surface area contributed by atoms with Crippen molar-refractivity contribution < 1.29 is 23.9 Å². The molecule has 0 saturated carbocycles. The van der Waals surface area contributed by atoms with Crippen LogP contribution in [0.15, 0.2) is 65.5 Å². The lowest BCUT2D eigenvalue weighted by Crippen LogP contribution is -2.43. The number of methoxy groups -OCH3 is 1. The van der Waals surface area contributed by atoms with E-state index in [1.165, 1.54) is 49.6 Å². The molecule has 0 aliphatic carbocycles. The highest BCUT2D eigenvalue weighted by Crippen LogP contribution is 2.25. The van der Waals surface area contributed by atoms with Crippen molar-refractivity contribution in [1.29, 1.82) is 0 Å². The fraction of sp³-hybridized carbons (Fsp3) is 0.125. The zero-order valence-corrected chi connectivity index (χ0v) is 19.7.